The highest BCUT2D eigenvalue weighted by molar-refractivity contribution is 5.87. The highest BCUT2D eigenvalue weighted by Gasteiger charge is 2.09. The number of halogens is 1. The number of pyridine rings is 1. The van der Waals surface area contributed by atoms with Crippen molar-refractivity contribution in [3.8, 4) is 5.75 Å². The van der Waals surface area contributed by atoms with Gasteiger partial charge in [0.2, 0.25) is 0 Å². The first kappa shape index (κ1) is 8.94. The van der Waals surface area contributed by atoms with Crippen molar-refractivity contribution < 1.29 is 9.50 Å². The molecule has 72 valence electrons. The van der Waals surface area contributed by atoms with Crippen molar-refractivity contribution in [1.29, 1.82) is 0 Å². The summed E-state index contributed by atoms with van der Waals surface area (Å²) in [7, 11) is 0. The minimum absolute atomic E-state index is 0.321. The summed E-state index contributed by atoms with van der Waals surface area (Å²) in [6, 6.07) is 4.73. The van der Waals surface area contributed by atoms with Gasteiger partial charge in [0.05, 0.1) is 5.52 Å². The van der Waals surface area contributed by atoms with Crippen LogP contribution in [-0.2, 0) is 0 Å². The molecule has 0 aliphatic carbocycles. The fourth-order valence-electron chi connectivity index (χ4n) is 1.50. The summed E-state index contributed by atoms with van der Waals surface area (Å²) in [5, 5.41) is 9.92. The normalized spacial score (nSPS) is 10.8. The third kappa shape index (κ3) is 1.21. The van der Waals surface area contributed by atoms with Crippen LogP contribution in [0.1, 0.15) is 11.3 Å². The van der Waals surface area contributed by atoms with Gasteiger partial charge in [-0.3, -0.25) is 4.98 Å². The predicted molar refractivity (Wildman–Crippen MR) is 52.8 cm³/mol. The minimum atomic E-state index is -0.597. The summed E-state index contributed by atoms with van der Waals surface area (Å²) < 4.78 is 13.1. The van der Waals surface area contributed by atoms with Gasteiger partial charge in [-0.25, -0.2) is 4.39 Å². The van der Waals surface area contributed by atoms with Crippen molar-refractivity contribution in [3.05, 3.63) is 35.3 Å². The second kappa shape index (κ2) is 2.94. The summed E-state index contributed by atoms with van der Waals surface area (Å²) in [6.07, 6.45) is 0. The van der Waals surface area contributed by atoms with Crippen LogP contribution in [-0.4, -0.2) is 10.1 Å². The van der Waals surface area contributed by atoms with Gasteiger partial charge in [-0.1, -0.05) is 0 Å². The molecule has 0 atom stereocenters. The molecule has 2 aromatic rings. The maximum Gasteiger partial charge on any atom is 0.165 e. The van der Waals surface area contributed by atoms with Gasteiger partial charge in [0, 0.05) is 11.1 Å². The second-order valence-corrected chi connectivity index (χ2v) is 3.37. The topological polar surface area (TPSA) is 33.1 Å². The fraction of sp³-hybridized carbons (Fsp3) is 0.182. The molecule has 0 spiro atoms. The standard InChI is InChI=1S/C11H10FNO/c1-6-5-9(12)11(14)8-4-3-7(2)13-10(6)8/h3-5,14H,1-2H3. The van der Waals surface area contributed by atoms with E-state index in [0.717, 1.165) is 11.3 Å². The van der Waals surface area contributed by atoms with E-state index in [1.54, 1.807) is 19.1 Å². The maximum atomic E-state index is 13.1. The quantitative estimate of drug-likeness (QED) is 0.694. The summed E-state index contributed by atoms with van der Waals surface area (Å²) in [4.78, 5) is 4.25. The first-order chi connectivity index (χ1) is 6.59. The molecular weight excluding hydrogens is 181 g/mol. The van der Waals surface area contributed by atoms with Gasteiger partial charge < -0.3 is 5.11 Å². The van der Waals surface area contributed by atoms with Crippen LogP contribution in [0.3, 0.4) is 0 Å². The van der Waals surface area contributed by atoms with Gasteiger partial charge in [-0.2, -0.15) is 0 Å². The van der Waals surface area contributed by atoms with Gasteiger partial charge in [-0.15, -0.1) is 0 Å². The predicted octanol–water partition coefficient (Wildman–Crippen LogP) is 2.70. The average molecular weight is 191 g/mol. The van der Waals surface area contributed by atoms with Crippen molar-refractivity contribution in [2.24, 2.45) is 0 Å². The molecule has 3 heteroatoms. The Morgan fingerprint density at radius 1 is 1.29 bits per heavy atom. The number of fused-ring (bicyclic) bond motifs is 1. The van der Waals surface area contributed by atoms with Crippen LogP contribution in [0.4, 0.5) is 4.39 Å². The Morgan fingerprint density at radius 3 is 2.71 bits per heavy atom. The molecule has 2 nitrogen and oxygen atoms in total. The van der Waals surface area contributed by atoms with E-state index in [-0.39, 0.29) is 5.75 Å². The molecule has 1 heterocycles. The van der Waals surface area contributed by atoms with E-state index in [4.69, 9.17) is 0 Å². The first-order valence-corrected chi connectivity index (χ1v) is 4.35. The van der Waals surface area contributed by atoms with Crippen LogP contribution in [0.5, 0.6) is 5.75 Å². The van der Waals surface area contributed by atoms with Crippen LogP contribution in [0.15, 0.2) is 18.2 Å². The number of rotatable bonds is 0. The third-order valence-corrected chi connectivity index (χ3v) is 2.23. The number of phenols is 1. The molecule has 1 N–H and O–H groups in total. The van der Waals surface area contributed by atoms with Crippen LogP contribution in [0, 0.1) is 19.7 Å². The number of aromatic hydroxyl groups is 1. The molecule has 1 aromatic heterocycles. The second-order valence-electron chi connectivity index (χ2n) is 3.37. The lowest BCUT2D eigenvalue weighted by molar-refractivity contribution is 0.438. The molecule has 0 amide bonds. The number of nitrogens with zero attached hydrogens (tertiary/aromatic N) is 1. The summed E-state index contributed by atoms with van der Waals surface area (Å²) in [6.45, 7) is 3.64. The van der Waals surface area contributed by atoms with Crippen molar-refractivity contribution in [2.45, 2.75) is 13.8 Å². The molecule has 0 aliphatic rings. The van der Waals surface area contributed by atoms with Crippen LogP contribution in [0.25, 0.3) is 10.9 Å². The lowest BCUT2D eigenvalue weighted by atomic mass is 10.1. The summed E-state index contributed by atoms with van der Waals surface area (Å²) in [5.41, 5.74) is 2.24. The highest BCUT2D eigenvalue weighted by Crippen LogP contribution is 2.29. The third-order valence-electron chi connectivity index (χ3n) is 2.23. The number of aryl methyl sites for hydroxylation is 2. The number of benzene rings is 1. The SMILES string of the molecule is Cc1ccc2c(O)c(F)cc(C)c2n1. The molecule has 0 aliphatic heterocycles. The zero-order valence-electron chi connectivity index (χ0n) is 8.00. The molecule has 0 bridgehead atoms. The first-order valence-electron chi connectivity index (χ1n) is 4.35. The number of hydrogen-bond acceptors (Lipinski definition) is 2. The molecular formula is C11H10FNO. The van der Waals surface area contributed by atoms with E-state index in [2.05, 4.69) is 4.98 Å². The van der Waals surface area contributed by atoms with Crippen molar-refractivity contribution in [3.63, 3.8) is 0 Å². The molecule has 0 saturated heterocycles. The van der Waals surface area contributed by atoms with Crippen LogP contribution in [0.2, 0.25) is 0 Å². The molecule has 0 fully saturated rings. The zero-order chi connectivity index (χ0) is 10.3. The summed E-state index contributed by atoms with van der Waals surface area (Å²) >= 11 is 0. The van der Waals surface area contributed by atoms with Gasteiger partial charge in [0.1, 0.15) is 0 Å². The highest BCUT2D eigenvalue weighted by atomic mass is 19.1. The van der Waals surface area contributed by atoms with Gasteiger partial charge >= 0.3 is 0 Å². The minimum Gasteiger partial charge on any atom is -0.504 e. The Kier molecular flexibility index (Phi) is 1.88. The van der Waals surface area contributed by atoms with E-state index >= 15 is 0 Å². The molecule has 14 heavy (non-hydrogen) atoms. The molecule has 0 unspecified atom stereocenters. The lowest BCUT2D eigenvalue weighted by Crippen LogP contribution is -1.89. The monoisotopic (exact) mass is 191 g/mol. The maximum absolute atomic E-state index is 13.1. The largest absolute Gasteiger partial charge is 0.504 e. The van der Waals surface area contributed by atoms with Crippen LogP contribution < -0.4 is 0 Å². The Hall–Kier alpha value is -1.64. The smallest absolute Gasteiger partial charge is 0.165 e. The Balaban J connectivity index is 2.94. The van der Waals surface area contributed by atoms with Gasteiger partial charge in [0.15, 0.2) is 11.6 Å². The Bertz CT molecular complexity index is 508. The Morgan fingerprint density at radius 2 is 2.00 bits per heavy atom. The van der Waals surface area contributed by atoms with Crippen molar-refractivity contribution in [2.75, 3.05) is 0 Å². The molecule has 2 rings (SSSR count). The number of aromatic nitrogens is 1. The van der Waals surface area contributed by atoms with Gasteiger partial charge in [-0.05, 0) is 37.6 Å². The van der Waals surface area contributed by atoms with E-state index in [9.17, 15) is 9.50 Å². The van der Waals surface area contributed by atoms with Crippen LogP contribution >= 0.6 is 0 Å². The molecule has 1 aromatic carbocycles. The van der Waals surface area contributed by atoms with Crippen molar-refractivity contribution in [1.82, 2.24) is 4.98 Å². The van der Waals surface area contributed by atoms with E-state index in [0.29, 0.717) is 10.9 Å². The molecule has 0 saturated carbocycles. The van der Waals surface area contributed by atoms with E-state index < -0.39 is 5.82 Å². The Labute approximate surface area is 81.0 Å². The fourth-order valence-corrected chi connectivity index (χ4v) is 1.50. The van der Waals surface area contributed by atoms with E-state index in [1.807, 2.05) is 6.92 Å². The molecule has 0 radical (unpaired) electrons. The van der Waals surface area contributed by atoms with E-state index in [1.165, 1.54) is 6.07 Å². The summed E-state index contributed by atoms with van der Waals surface area (Å²) in [5.74, 6) is -0.918. The number of phenolic OH excluding ortho intramolecular Hbond substituents is 1. The lowest BCUT2D eigenvalue weighted by Gasteiger charge is -2.05. The number of hydrogen-bond donors (Lipinski definition) is 1. The zero-order valence-corrected chi connectivity index (χ0v) is 8.00. The van der Waals surface area contributed by atoms with Gasteiger partial charge in [0.25, 0.3) is 0 Å². The average Bonchev–Trinajstić information content (AvgIpc) is 2.14. The van der Waals surface area contributed by atoms with Crippen molar-refractivity contribution >= 4 is 10.9 Å².